The molecule has 7 heteroatoms. The van der Waals surface area contributed by atoms with Crippen molar-refractivity contribution in [2.24, 2.45) is 5.92 Å². The second-order valence-corrected chi connectivity index (χ2v) is 6.91. The number of anilines is 3. The van der Waals surface area contributed by atoms with Gasteiger partial charge in [0, 0.05) is 31.5 Å². The standard InChI is InChI=1S/C20H27BN4O2/c1-27-21-23-14-15-9-11-25(12-10-15)19-13-16(7-8-18(19)22)20(26)24-17-5-3-2-4-6-17/h2-8,13,15,21,23H,9-12,14,22H2,1H3,(H,24,26). The smallest absolute Gasteiger partial charge is 0.360 e. The molecule has 0 aliphatic carbocycles. The first-order valence-corrected chi connectivity index (χ1v) is 9.38. The Balaban J connectivity index is 1.63. The van der Waals surface area contributed by atoms with Crippen molar-refractivity contribution < 1.29 is 9.45 Å². The summed E-state index contributed by atoms with van der Waals surface area (Å²) < 4.78 is 5.04. The number of hydrogen-bond acceptors (Lipinski definition) is 5. The first-order valence-electron chi connectivity index (χ1n) is 9.38. The van der Waals surface area contributed by atoms with E-state index < -0.39 is 0 Å². The fraction of sp³-hybridized carbons (Fsp3) is 0.350. The summed E-state index contributed by atoms with van der Waals surface area (Å²) in [6.07, 6.45) is 2.19. The van der Waals surface area contributed by atoms with Crippen molar-refractivity contribution in [3.63, 3.8) is 0 Å². The van der Waals surface area contributed by atoms with Gasteiger partial charge in [0.1, 0.15) is 0 Å². The Morgan fingerprint density at radius 1 is 1.22 bits per heavy atom. The molecule has 0 saturated carbocycles. The molecule has 4 N–H and O–H groups in total. The van der Waals surface area contributed by atoms with Gasteiger partial charge < -0.3 is 25.8 Å². The van der Waals surface area contributed by atoms with Gasteiger partial charge in [-0.15, -0.1) is 0 Å². The summed E-state index contributed by atoms with van der Waals surface area (Å²) in [5, 5.41) is 6.22. The van der Waals surface area contributed by atoms with Crippen LogP contribution in [0.2, 0.25) is 0 Å². The zero-order valence-corrected chi connectivity index (χ0v) is 15.8. The van der Waals surface area contributed by atoms with Crippen molar-refractivity contribution in [1.82, 2.24) is 5.23 Å². The van der Waals surface area contributed by atoms with Crippen molar-refractivity contribution in [3.8, 4) is 0 Å². The summed E-state index contributed by atoms with van der Waals surface area (Å²) in [5.41, 5.74) is 9.26. The minimum absolute atomic E-state index is 0.124. The molecule has 1 saturated heterocycles. The minimum atomic E-state index is -0.124. The summed E-state index contributed by atoms with van der Waals surface area (Å²) in [6, 6.07) is 15.0. The quantitative estimate of drug-likeness (QED) is 0.398. The van der Waals surface area contributed by atoms with Crippen LogP contribution in [-0.4, -0.2) is 40.3 Å². The molecule has 0 unspecified atom stereocenters. The molecule has 1 fully saturated rings. The van der Waals surface area contributed by atoms with Gasteiger partial charge in [0.05, 0.1) is 11.4 Å². The van der Waals surface area contributed by atoms with Crippen LogP contribution in [0.3, 0.4) is 0 Å². The van der Waals surface area contributed by atoms with E-state index >= 15 is 0 Å². The van der Waals surface area contributed by atoms with Crippen molar-refractivity contribution in [2.45, 2.75) is 12.8 Å². The first kappa shape index (κ1) is 19.3. The molecule has 1 amide bonds. The molecule has 0 atom stereocenters. The normalized spacial score (nSPS) is 14.8. The highest BCUT2D eigenvalue weighted by Crippen LogP contribution is 2.29. The summed E-state index contributed by atoms with van der Waals surface area (Å²) in [4.78, 5) is 14.8. The average molecular weight is 366 g/mol. The van der Waals surface area contributed by atoms with Crippen molar-refractivity contribution >= 4 is 30.6 Å². The van der Waals surface area contributed by atoms with Crippen molar-refractivity contribution in [3.05, 3.63) is 54.1 Å². The van der Waals surface area contributed by atoms with E-state index in [1.807, 2.05) is 42.5 Å². The van der Waals surface area contributed by atoms with Gasteiger partial charge in [0.15, 0.2) is 0 Å². The Morgan fingerprint density at radius 2 is 1.96 bits per heavy atom. The van der Waals surface area contributed by atoms with Crippen LogP contribution in [0.15, 0.2) is 48.5 Å². The number of rotatable bonds is 7. The highest BCUT2D eigenvalue weighted by molar-refractivity contribution is 6.23. The van der Waals surface area contributed by atoms with Crippen LogP contribution in [0, 0.1) is 5.92 Å². The molecule has 6 nitrogen and oxygen atoms in total. The van der Waals surface area contributed by atoms with E-state index in [9.17, 15) is 4.79 Å². The molecule has 1 heterocycles. The number of carbonyl (C=O) groups is 1. The van der Waals surface area contributed by atoms with Crippen LogP contribution in [0.1, 0.15) is 23.2 Å². The van der Waals surface area contributed by atoms with Gasteiger partial charge in [-0.1, -0.05) is 18.2 Å². The number of nitrogens with one attached hydrogen (secondary N) is 2. The zero-order chi connectivity index (χ0) is 19.1. The summed E-state index contributed by atoms with van der Waals surface area (Å²) in [5.74, 6) is 0.517. The van der Waals surface area contributed by atoms with E-state index in [4.69, 9.17) is 10.4 Å². The maximum absolute atomic E-state index is 12.6. The molecule has 1 aliphatic heterocycles. The molecule has 0 aromatic heterocycles. The molecular weight excluding hydrogens is 339 g/mol. The predicted octanol–water partition coefficient (Wildman–Crippen LogP) is 2.24. The van der Waals surface area contributed by atoms with Crippen LogP contribution in [0.4, 0.5) is 17.1 Å². The maximum atomic E-state index is 12.6. The fourth-order valence-electron chi connectivity index (χ4n) is 3.43. The maximum Gasteiger partial charge on any atom is 0.360 e. The Morgan fingerprint density at radius 3 is 2.67 bits per heavy atom. The molecule has 0 bridgehead atoms. The van der Waals surface area contributed by atoms with Crippen LogP contribution in [-0.2, 0) is 4.65 Å². The second-order valence-electron chi connectivity index (χ2n) is 6.91. The third-order valence-corrected chi connectivity index (χ3v) is 4.96. The monoisotopic (exact) mass is 366 g/mol. The van der Waals surface area contributed by atoms with E-state index in [1.54, 1.807) is 13.2 Å². The van der Waals surface area contributed by atoms with E-state index in [1.165, 1.54) is 0 Å². The Labute approximate surface area is 161 Å². The number of nitrogen functional groups attached to an aromatic ring is 1. The van der Waals surface area contributed by atoms with Gasteiger partial charge in [-0.2, -0.15) is 0 Å². The number of para-hydroxylation sites is 1. The largest absolute Gasteiger partial charge is 0.427 e. The summed E-state index contributed by atoms with van der Waals surface area (Å²) in [6.45, 7) is 2.84. The number of nitrogens with two attached hydrogens (primary N) is 1. The highest BCUT2D eigenvalue weighted by atomic mass is 16.4. The Bertz CT molecular complexity index is 749. The van der Waals surface area contributed by atoms with Gasteiger partial charge in [-0.25, -0.2) is 0 Å². The topological polar surface area (TPSA) is 79.6 Å². The van der Waals surface area contributed by atoms with E-state index in [-0.39, 0.29) is 5.91 Å². The van der Waals surface area contributed by atoms with Gasteiger partial charge in [-0.3, -0.25) is 4.79 Å². The number of benzene rings is 2. The second kappa shape index (κ2) is 9.44. The van der Waals surface area contributed by atoms with Crippen molar-refractivity contribution in [2.75, 3.05) is 42.7 Å². The van der Waals surface area contributed by atoms with Crippen LogP contribution < -0.4 is 21.2 Å². The number of hydrogen-bond donors (Lipinski definition) is 3. The Hall–Kier alpha value is -2.51. The fourth-order valence-corrected chi connectivity index (χ4v) is 3.43. The van der Waals surface area contributed by atoms with Crippen molar-refractivity contribution in [1.29, 1.82) is 0 Å². The van der Waals surface area contributed by atoms with Gasteiger partial charge in [0.2, 0.25) is 0 Å². The lowest BCUT2D eigenvalue weighted by Gasteiger charge is -2.34. The number of nitrogens with zero attached hydrogens (tertiary/aromatic N) is 1. The minimum Gasteiger partial charge on any atom is -0.427 e. The van der Waals surface area contributed by atoms with Crippen LogP contribution in [0.25, 0.3) is 0 Å². The Kier molecular flexibility index (Phi) is 6.73. The molecule has 0 radical (unpaired) electrons. The predicted molar refractivity (Wildman–Crippen MR) is 112 cm³/mol. The number of carbonyl (C=O) groups excluding carboxylic acids is 1. The molecule has 142 valence electrons. The third kappa shape index (κ3) is 5.24. The van der Waals surface area contributed by atoms with E-state index in [0.717, 1.165) is 43.9 Å². The summed E-state index contributed by atoms with van der Waals surface area (Å²) >= 11 is 0. The van der Waals surface area contributed by atoms with Gasteiger partial charge in [-0.05, 0) is 55.6 Å². The third-order valence-electron chi connectivity index (χ3n) is 4.96. The summed E-state index contributed by atoms with van der Waals surface area (Å²) in [7, 11) is 2.28. The lowest BCUT2D eigenvalue weighted by molar-refractivity contribution is 0.102. The lowest BCUT2D eigenvalue weighted by atomic mass is 9.95. The molecular formula is C20H27BN4O2. The molecule has 3 rings (SSSR count). The van der Waals surface area contributed by atoms with Gasteiger partial charge >= 0.3 is 7.62 Å². The molecule has 2 aromatic rings. The molecule has 1 aliphatic rings. The number of piperidine rings is 1. The zero-order valence-electron chi connectivity index (χ0n) is 15.8. The van der Waals surface area contributed by atoms with E-state index in [0.29, 0.717) is 24.8 Å². The van der Waals surface area contributed by atoms with E-state index in [2.05, 4.69) is 15.4 Å². The highest BCUT2D eigenvalue weighted by Gasteiger charge is 2.21. The number of amides is 1. The average Bonchev–Trinajstić information content (AvgIpc) is 2.70. The molecule has 2 aromatic carbocycles. The molecule has 27 heavy (non-hydrogen) atoms. The molecule has 0 spiro atoms. The first-order chi connectivity index (χ1) is 13.2. The van der Waals surface area contributed by atoms with Gasteiger partial charge in [0.25, 0.3) is 5.91 Å². The SMILES string of the molecule is COBNCC1CCN(c2cc(C(=O)Nc3ccccc3)ccc2N)CC1. The lowest BCUT2D eigenvalue weighted by Crippen LogP contribution is -2.38. The van der Waals surface area contributed by atoms with Crippen LogP contribution in [0.5, 0.6) is 0 Å². The van der Waals surface area contributed by atoms with Crippen LogP contribution >= 0.6 is 0 Å².